The van der Waals surface area contributed by atoms with E-state index in [0.717, 1.165) is 48.7 Å². The summed E-state index contributed by atoms with van der Waals surface area (Å²) in [5, 5.41) is 4.76. The van der Waals surface area contributed by atoms with Gasteiger partial charge in [0.1, 0.15) is 11.3 Å². The molecule has 6 heteroatoms. The standard InChI is InChI=1S/C21H27N5O/c1-14-11-18(27-4)15(2)10-17(14)13-26-9-5-6-16(12-26)19-20-21(25(3)24-19)23-8-7-22-20/h7-8,10-11,16H,5-6,9,12-13H2,1-4H3. The van der Waals surface area contributed by atoms with Crippen LogP contribution in [0.1, 0.15) is 41.1 Å². The fourth-order valence-corrected chi connectivity index (χ4v) is 4.18. The summed E-state index contributed by atoms with van der Waals surface area (Å²) in [6.45, 7) is 7.37. The number of nitrogens with zero attached hydrogens (tertiary/aromatic N) is 5. The van der Waals surface area contributed by atoms with Gasteiger partial charge in [-0.05, 0) is 56.0 Å². The van der Waals surface area contributed by atoms with Gasteiger partial charge in [-0.2, -0.15) is 5.10 Å². The van der Waals surface area contributed by atoms with Crippen LogP contribution in [0.4, 0.5) is 0 Å². The Labute approximate surface area is 160 Å². The minimum atomic E-state index is 0.402. The fraction of sp³-hybridized carbons (Fsp3) is 0.476. The van der Waals surface area contributed by atoms with Crippen LogP contribution in [-0.4, -0.2) is 44.8 Å². The smallest absolute Gasteiger partial charge is 0.176 e. The Morgan fingerprint density at radius 1 is 1.15 bits per heavy atom. The second-order valence-corrected chi connectivity index (χ2v) is 7.56. The molecule has 3 aromatic rings. The first-order chi connectivity index (χ1) is 13.1. The zero-order chi connectivity index (χ0) is 19.0. The summed E-state index contributed by atoms with van der Waals surface area (Å²) in [6.07, 6.45) is 5.82. The van der Waals surface area contributed by atoms with E-state index < -0.39 is 0 Å². The maximum absolute atomic E-state index is 5.45. The second kappa shape index (κ2) is 7.27. The number of ether oxygens (including phenoxy) is 1. The number of aryl methyl sites for hydroxylation is 3. The van der Waals surface area contributed by atoms with Crippen molar-refractivity contribution in [1.82, 2.24) is 24.6 Å². The summed E-state index contributed by atoms with van der Waals surface area (Å²) < 4.78 is 7.31. The summed E-state index contributed by atoms with van der Waals surface area (Å²) in [5.74, 6) is 1.37. The number of hydrogen-bond acceptors (Lipinski definition) is 5. The minimum absolute atomic E-state index is 0.402. The van der Waals surface area contributed by atoms with Gasteiger partial charge in [-0.15, -0.1) is 0 Å². The van der Waals surface area contributed by atoms with Gasteiger partial charge in [-0.3, -0.25) is 4.90 Å². The lowest BCUT2D eigenvalue weighted by molar-refractivity contribution is 0.198. The van der Waals surface area contributed by atoms with Gasteiger partial charge in [0.15, 0.2) is 5.65 Å². The van der Waals surface area contributed by atoms with Gasteiger partial charge in [0, 0.05) is 38.4 Å². The van der Waals surface area contributed by atoms with Crippen LogP contribution in [-0.2, 0) is 13.6 Å². The maximum atomic E-state index is 5.45. The topological polar surface area (TPSA) is 56.1 Å². The van der Waals surface area contributed by atoms with E-state index in [4.69, 9.17) is 9.84 Å². The molecular formula is C21H27N5O. The molecule has 1 aromatic carbocycles. The van der Waals surface area contributed by atoms with Crippen LogP contribution in [0.25, 0.3) is 11.2 Å². The quantitative estimate of drug-likeness (QED) is 0.709. The average molecular weight is 365 g/mol. The fourth-order valence-electron chi connectivity index (χ4n) is 4.18. The molecule has 1 fully saturated rings. The predicted octanol–water partition coefficient (Wildman–Crippen LogP) is 3.37. The van der Waals surface area contributed by atoms with Crippen LogP contribution in [0.5, 0.6) is 5.75 Å². The Balaban J connectivity index is 1.56. The largest absolute Gasteiger partial charge is 0.496 e. The predicted molar refractivity (Wildman–Crippen MR) is 106 cm³/mol. The van der Waals surface area contributed by atoms with Crippen molar-refractivity contribution in [2.45, 2.75) is 39.2 Å². The summed E-state index contributed by atoms with van der Waals surface area (Å²) in [6, 6.07) is 4.41. The zero-order valence-corrected chi connectivity index (χ0v) is 16.6. The van der Waals surface area contributed by atoms with Crippen molar-refractivity contribution in [3.8, 4) is 5.75 Å². The van der Waals surface area contributed by atoms with Gasteiger partial charge in [-0.25, -0.2) is 14.6 Å². The number of methoxy groups -OCH3 is 1. The van der Waals surface area contributed by atoms with Gasteiger partial charge in [-0.1, -0.05) is 6.07 Å². The first-order valence-corrected chi connectivity index (χ1v) is 9.57. The van der Waals surface area contributed by atoms with Gasteiger partial charge >= 0.3 is 0 Å². The molecule has 4 rings (SSSR count). The van der Waals surface area contributed by atoms with Gasteiger partial charge in [0.25, 0.3) is 0 Å². The molecule has 142 valence electrons. The number of aromatic nitrogens is 4. The van der Waals surface area contributed by atoms with Crippen molar-refractivity contribution in [3.05, 3.63) is 46.9 Å². The molecule has 0 bridgehead atoms. The third-order valence-corrected chi connectivity index (χ3v) is 5.63. The van der Waals surface area contributed by atoms with E-state index in [-0.39, 0.29) is 0 Å². The van der Waals surface area contributed by atoms with Gasteiger partial charge in [0.2, 0.25) is 0 Å². The number of piperidine rings is 1. The molecular weight excluding hydrogens is 338 g/mol. The average Bonchev–Trinajstić information content (AvgIpc) is 3.02. The summed E-state index contributed by atoms with van der Waals surface area (Å²) in [7, 11) is 3.68. The molecule has 0 N–H and O–H groups in total. The Kier molecular flexibility index (Phi) is 4.83. The Hall–Kier alpha value is -2.47. The first kappa shape index (κ1) is 17.9. The number of hydrogen-bond donors (Lipinski definition) is 0. The Bertz CT molecular complexity index is 965. The van der Waals surface area contributed by atoms with E-state index in [1.54, 1.807) is 19.5 Å². The highest BCUT2D eigenvalue weighted by molar-refractivity contribution is 5.73. The van der Waals surface area contributed by atoms with Crippen LogP contribution in [0.3, 0.4) is 0 Å². The maximum Gasteiger partial charge on any atom is 0.176 e. The molecule has 2 aromatic heterocycles. The van der Waals surface area contributed by atoms with Crippen LogP contribution < -0.4 is 4.74 Å². The van der Waals surface area contributed by atoms with Crippen molar-refractivity contribution >= 4 is 11.2 Å². The number of benzene rings is 1. The number of rotatable bonds is 4. The normalized spacial score (nSPS) is 18.1. The molecule has 0 radical (unpaired) electrons. The molecule has 0 amide bonds. The second-order valence-electron chi connectivity index (χ2n) is 7.56. The van der Waals surface area contributed by atoms with Crippen LogP contribution in [0.2, 0.25) is 0 Å². The van der Waals surface area contributed by atoms with Crippen molar-refractivity contribution < 1.29 is 4.74 Å². The van der Waals surface area contributed by atoms with E-state index in [2.05, 4.69) is 40.8 Å². The minimum Gasteiger partial charge on any atom is -0.496 e. The Morgan fingerprint density at radius 2 is 1.96 bits per heavy atom. The third-order valence-electron chi connectivity index (χ3n) is 5.63. The molecule has 6 nitrogen and oxygen atoms in total. The summed E-state index contributed by atoms with van der Waals surface area (Å²) >= 11 is 0. The third kappa shape index (κ3) is 3.41. The molecule has 1 unspecified atom stereocenters. The molecule has 1 aliphatic rings. The lowest BCUT2D eigenvalue weighted by Crippen LogP contribution is -2.34. The molecule has 3 heterocycles. The lowest BCUT2D eigenvalue weighted by atomic mass is 9.93. The van der Waals surface area contributed by atoms with E-state index in [9.17, 15) is 0 Å². The van der Waals surface area contributed by atoms with Crippen LogP contribution in [0, 0.1) is 13.8 Å². The van der Waals surface area contributed by atoms with Crippen molar-refractivity contribution in [2.75, 3.05) is 20.2 Å². The SMILES string of the molecule is COc1cc(C)c(CN2CCCC(c3nn(C)c4nccnc34)C2)cc1C. The highest BCUT2D eigenvalue weighted by atomic mass is 16.5. The molecule has 1 atom stereocenters. The van der Waals surface area contributed by atoms with Crippen LogP contribution >= 0.6 is 0 Å². The van der Waals surface area contributed by atoms with Crippen molar-refractivity contribution in [3.63, 3.8) is 0 Å². The highest BCUT2D eigenvalue weighted by Gasteiger charge is 2.26. The van der Waals surface area contributed by atoms with E-state index in [1.807, 2.05) is 11.7 Å². The van der Waals surface area contributed by atoms with E-state index >= 15 is 0 Å². The molecule has 1 aliphatic heterocycles. The van der Waals surface area contributed by atoms with E-state index in [1.165, 1.54) is 23.1 Å². The van der Waals surface area contributed by atoms with Crippen molar-refractivity contribution in [1.29, 1.82) is 0 Å². The van der Waals surface area contributed by atoms with E-state index in [0.29, 0.717) is 5.92 Å². The van der Waals surface area contributed by atoms with Crippen LogP contribution in [0.15, 0.2) is 24.5 Å². The molecule has 0 saturated carbocycles. The monoisotopic (exact) mass is 365 g/mol. The number of fused-ring (bicyclic) bond motifs is 1. The first-order valence-electron chi connectivity index (χ1n) is 9.57. The number of likely N-dealkylation sites (tertiary alicyclic amines) is 1. The van der Waals surface area contributed by atoms with Gasteiger partial charge in [0.05, 0.1) is 12.8 Å². The molecule has 1 saturated heterocycles. The lowest BCUT2D eigenvalue weighted by Gasteiger charge is -2.32. The summed E-state index contributed by atoms with van der Waals surface area (Å²) in [4.78, 5) is 11.5. The zero-order valence-electron chi connectivity index (χ0n) is 16.6. The van der Waals surface area contributed by atoms with Crippen molar-refractivity contribution in [2.24, 2.45) is 7.05 Å². The molecule has 0 spiro atoms. The summed E-state index contributed by atoms with van der Waals surface area (Å²) in [5.41, 5.74) is 6.76. The molecule has 27 heavy (non-hydrogen) atoms. The Morgan fingerprint density at radius 3 is 2.78 bits per heavy atom. The van der Waals surface area contributed by atoms with Gasteiger partial charge < -0.3 is 4.74 Å². The molecule has 0 aliphatic carbocycles. The highest BCUT2D eigenvalue weighted by Crippen LogP contribution is 2.31.